The first-order chi connectivity index (χ1) is 21.4. The maximum Gasteiger partial charge on any atom is 0.306 e. The summed E-state index contributed by atoms with van der Waals surface area (Å²) < 4.78 is 29.1. The van der Waals surface area contributed by atoms with Crippen molar-refractivity contribution >= 4 is 59.1 Å². The van der Waals surface area contributed by atoms with Crippen molar-refractivity contribution in [3.8, 4) is 0 Å². The second-order valence-electron chi connectivity index (χ2n) is 10.6. The summed E-state index contributed by atoms with van der Waals surface area (Å²) in [6, 6.07) is 8.83. The molecule has 10 nitrogen and oxygen atoms in total. The van der Waals surface area contributed by atoms with Gasteiger partial charge in [-0.1, -0.05) is 51.1 Å². The SMILES string of the molecule is CCS[C@H]1O[C@H](C)[C@@H](NC(=O)[C@@H](CCOC(C)=O)OC(C)=O)[C@H](OCc2ccccc2)[C@@H]1OC(=O)CCC(C)(SCC)SCC. The Morgan fingerprint density at radius 3 is 2.22 bits per heavy atom. The number of rotatable bonds is 19. The van der Waals surface area contributed by atoms with Gasteiger partial charge in [0.2, 0.25) is 0 Å². The van der Waals surface area contributed by atoms with Crippen LogP contribution in [-0.4, -0.2) is 87.7 Å². The van der Waals surface area contributed by atoms with Crippen LogP contribution >= 0.6 is 35.3 Å². The lowest BCUT2D eigenvalue weighted by Gasteiger charge is -2.45. The molecule has 1 aromatic carbocycles. The van der Waals surface area contributed by atoms with Gasteiger partial charge in [0.1, 0.15) is 11.5 Å². The Kier molecular flexibility index (Phi) is 17.7. The third-order valence-electron chi connectivity index (χ3n) is 6.96. The van der Waals surface area contributed by atoms with Gasteiger partial charge in [-0.2, -0.15) is 0 Å². The molecular formula is C32H49NO9S3. The van der Waals surface area contributed by atoms with Crippen LogP contribution in [-0.2, 0) is 49.5 Å². The summed E-state index contributed by atoms with van der Waals surface area (Å²) in [5.74, 6) is 0.466. The van der Waals surface area contributed by atoms with Crippen molar-refractivity contribution in [2.24, 2.45) is 0 Å². The molecule has 0 aromatic heterocycles. The Morgan fingerprint density at radius 2 is 1.64 bits per heavy atom. The molecule has 45 heavy (non-hydrogen) atoms. The van der Waals surface area contributed by atoms with Gasteiger partial charge in [0.25, 0.3) is 5.91 Å². The summed E-state index contributed by atoms with van der Waals surface area (Å²) in [4.78, 5) is 50.0. The van der Waals surface area contributed by atoms with Gasteiger partial charge in [0.15, 0.2) is 12.2 Å². The summed E-state index contributed by atoms with van der Waals surface area (Å²) in [6.07, 6.45) is -2.52. The van der Waals surface area contributed by atoms with Crippen molar-refractivity contribution < 1.29 is 42.9 Å². The van der Waals surface area contributed by atoms with Crippen LogP contribution in [0, 0.1) is 0 Å². The van der Waals surface area contributed by atoms with Crippen molar-refractivity contribution in [3.05, 3.63) is 35.9 Å². The number of amides is 1. The van der Waals surface area contributed by atoms with E-state index in [4.69, 9.17) is 23.7 Å². The fraction of sp³-hybridized carbons (Fsp3) is 0.688. The smallest absolute Gasteiger partial charge is 0.306 e. The summed E-state index contributed by atoms with van der Waals surface area (Å²) in [5.41, 5.74) is 0.382. The highest BCUT2D eigenvalue weighted by atomic mass is 32.2. The van der Waals surface area contributed by atoms with E-state index in [0.717, 1.165) is 17.1 Å². The molecule has 0 saturated carbocycles. The van der Waals surface area contributed by atoms with Gasteiger partial charge in [0, 0.05) is 26.7 Å². The molecule has 0 unspecified atom stereocenters. The largest absolute Gasteiger partial charge is 0.466 e. The predicted molar refractivity (Wildman–Crippen MR) is 180 cm³/mol. The van der Waals surface area contributed by atoms with Gasteiger partial charge in [-0.05, 0) is 43.1 Å². The number of esters is 3. The first-order valence-corrected chi connectivity index (χ1v) is 18.5. The van der Waals surface area contributed by atoms with Gasteiger partial charge in [0.05, 0.1) is 29.4 Å². The van der Waals surface area contributed by atoms with Crippen LogP contribution in [0.25, 0.3) is 0 Å². The maximum atomic E-state index is 13.5. The van der Waals surface area contributed by atoms with E-state index in [9.17, 15) is 19.2 Å². The fourth-order valence-corrected chi connectivity index (χ4v) is 8.67. The lowest BCUT2D eigenvalue weighted by Crippen LogP contribution is -2.64. The number of ether oxygens (including phenoxy) is 5. The van der Waals surface area contributed by atoms with Gasteiger partial charge in [-0.25, -0.2) is 0 Å². The van der Waals surface area contributed by atoms with E-state index in [-0.39, 0.29) is 36.1 Å². The van der Waals surface area contributed by atoms with E-state index in [1.165, 1.54) is 25.6 Å². The zero-order valence-corrected chi connectivity index (χ0v) is 29.9. The Bertz CT molecular complexity index is 1070. The van der Waals surface area contributed by atoms with Crippen molar-refractivity contribution in [2.45, 2.75) is 114 Å². The van der Waals surface area contributed by atoms with Gasteiger partial charge in [-0.3, -0.25) is 19.2 Å². The highest BCUT2D eigenvalue weighted by Gasteiger charge is 2.48. The van der Waals surface area contributed by atoms with Gasteiger partial charge >= 0.3 is 17.9 Å². The molecule has 2 rings (SSSR count). The van der Waals surface area contributed by atoms with Gasteiger partial charge in [-0.15, -0.1) is 35.3 Å². The second kappa shape index (κ2) is 20.3. The minimum absolute atomic E-state index is 0.0282. The van der Waals surface area contributed by atoms with E-state index in [1.807, 2.05) is 67.7 Å². The number of nitrogens with one attached hydrogen (secondary N) is 1. The van der Waals surface area contributed by atoms with Gasteiger partial charge < -0.3 is 29.0 Å². The molecule has 6 atom stereocenters. The number of carbonyl (C=O) groups excluding carboxylic acids is 4. The van der Waals surface area contributed by atoms with E-state index in [0.29, 0.717) is 12.2 Å². The predicted octanol–water partition coefficient (Wildman–Crippen LogP) is 5.35. The maximum absolute atomic E-state index is 13.5. The highest BCUT2D eigenvalue weighted by molar-refractivity contribution is 8.18. The van der Waals surface area contributed by atoms with Crippen molar-refractivity contribution in [1.82, 2.24) is 5.32 Å². The Hall–Kier alpha value is -1.93. The summed E-state index contributed by atoms with van der Waals surface area (Å²) in [6.45, 7) is 12.7. The molecule has 13 heteroatoms. The molecular weight excluding hydrogens is 639 g/mol. The molecule has 1 aliphatic heterocycles. The lowest BCUT2D eigenvalue weighted by molar-refractivity contribution is -0.199. The Labute approximate surface area is 280 Å². The average Bonchev–Trinajstić information content (AvgIpc) is 2.98. The lowest BCUT2D eigenvalue weighted by atomic mass is 9.96. The molecule has 1 amide bonds. The Morgan fingerprint density at radius 1 is 0.978 bits per heavy atom. The van der Waals surface area contributed by atoms with E-state index in [2.05, 4.69) is 26.1 Å². The summed E-state index contributed by atoms with van der Waals surface area (Å²) in [5, 5.41) is 2.94. The van der Waals surface area contributed by atoms with E-state index >= 15 is 0 Å². The molecule has 1 N–H and O–H groups in total. The standard InChI is InChI=1S/C32H49NO9S3/c1-8-43-31-29(42-26(36)16-18-32(7,44-9-2)45-10-3)28(39-20-24-14-12-11-13-15-24)27(21(4)40-31)33-30(37)25(41-23(6)35)17-19-38-22(5)34/h11-15,21,25,27-29,31H,8-10,16-20H2,1-7H3,(H,33,37)/t21-,25-,27-,28+,29+,31-/m1/s1. The molecule has 1 aromatic rings. The molecule has 0 aliphatic carbocycles. The molecule has 0 radical (unpaired) electrons. The Balaban J connectivity index is 2.35. The molecule has 254 valence electrons. The number of benzene rings is 1. The minimum atomic E-state index is -1.21. The molecule has 1 heterocycles. The molecule has 1 aliphatic rings. The van der Waals surface area contributed by atoms with Crippen LogP contribution in [0.3, 0.4) is 0 Å². The van der Waals surface area contributed by atoms with Crippen LogP contribution in [0.5, 0.6) is 0 Å². The van der Waals surface area contributed by atoms with Crippen LogP contribution in [0.1, 0.15) is 73.3 Å². The number of hydrogen-bond acceptors (Lipinski definition) is 12. The topological polar surface area (TPSA) is 126 Å². The fourth-order valence-electron chi connectivity index (χ4n) is 4.93. The number of carbonyl (C=O) groups is 4. The molecule has 1 fully saturated rings. The van der Waals surface area contributed by atoms with E-state index < -0.39 is 53.7 Å². The highest BCUT2D eigenvalue weighted by Crippen LogP contribution is 2.41. The number of thioether (sulfide) groups is 3. The third kappa shape index (κ3) is 13.8. The first-order valence-electron chi connectivity index (χ1n) is 15.4. The molecule has 1 saturated heterocycles. The second-order valence-corrected chi connectivity index (χ2v) is 15.8. The molecule has 0 spiro atoms. The van der Waals surface area contributed by atoms with Crippen molar-refractivity contribution in [3.63, 3.8) is 0 Å². The van der Waals surface area contributed by atoms with Crippen LogP contribution in [0.15, 0.2) is 30.3 Å². The van der Waals surface area contributed by atoms with Crippen LogP contribution < -0.4 is 5.32 Å². The van der Waals surface area contributed by atoms with Crippen LogP contribution in [0.2, 0.25) is 0 Å². The minimum Gasteiger partial charge on any atom is -0.466 e. The van der Waals surface area contributed by atoms with Crippen molar-refractivity contribution in [1.29, 1.82) is 0 Å². The zero-order chi connectivity index (χ0) is 33.4. The molecule has 0 bridgehead atoms. The van der Waals surface area contributed by atoms with E-state index in [1.54, 1.807) is 0 Å². The number of hydrogen-bond donors (Lipinski definition) is 1. The quantitative estimate of drug-likeness (QED) is 0.114. The normalized spacial score (nSPS) is 22.2. The summed E-state index contributed by atoms with van der Waals surface area (Å²) in [7, 11) is 0. The summed E-state index contributed by atoms with van der Waals surface area (Å²) >= 11 is 5.14. The third-order valence-corrected chi connectivity index (χ3v) is 10.9. The first kappa shape index (κ1) is 39.2. The van der Waals surface area contributed by atoms with Crippen molar-refractivity contribution in [2.75, 3.05) is 23.9 Å². The monoisotopic (exact) mass is 687 g/mol. The van der Waals surface area contributed by atoms with Crippen LogP contribution in [0.4, 0.5) is 0 Å². The zero-order valence-electron chi connectivity index (χ0n) is 27.4. The average molecular weight is 688 g/mol.